The largest absolute Gasteiger partial charge is 0.493 e. The quantitative estimate of drug-likeness (QED) is 0.462. The Morgan fingerprint density at radius 1 is 1.03 bits per heavy atom. The number of hydrogen-bond acceptors (Lipinski definition) is 5. The molecule has 1 unspecified atom stereocenters. The predicted octanol–water partition coefficient (Wildman–Crippen LogP) is 5.67. The highest BCUT2D eigenvalue weighted by molar-refractivity contribution is 5.67. The summed E-state index contributed by atoms with van der Waals surface area (Å²) in [6, 6.07) is 9.81. The van der Waals surface area contributed by atoms with Gasteiger partial charge in [-0.15, -0.1) is 0 Å². The smallest absolute Gasteiger partial charge is 0.161 e. The van der Waals surface area contributed by atoms with Crippen molar-refractivity contribution in [2.75, 3.05) is 33.9 Å². The molecule has 4 heterocycles. The minimum Gasteiger partial charge on any atom is -0.493 e. The Morgan fingerprint density at radius 3 is 2.53 bits per heavy atom. The normalized spacial score (nSPS) is 21.8. The topological polar surface area (TPSA) is 51.0 Å². The van der Waals surface area contributed by atoms with Crippen molar-refractivity contribution in [3.05, 3.63) is 47.8 Å². The van der Waals surface area contributed by atoms with Crippen LogP contribution in [-0.4, -0.2) is 60.2 Å². The molecule has 2 atom stereocenters. The fraction of sp³-hybridized carbons (Fsp3) is 0.567. The van der Waals surface area contributed by atoms with Crippen LogP contribution in [0.5, 0.6) is 11.5 Å². The number of ether oxygens (including phenoxy) is 2. The summed E-state index contributed by atoms with van der Waals surface area (Å²) >= 11 is 0. The van der Waals surface area contributed by atoms with E-state index in [-0.39, 0.29) is 0 Å². The van der Waals surface area contributed by atoms with Gasteiger partial charge in [0.05, 0.1) is 19.9 Å². The van der Waals surface area contributed by atoms with Crippen LogP contribution in [0.2, 0.25) is 0 Å². The molecule has 0 saturated carbocycles. The maximum Gasteiger partial charge on any atom is 0.161 e. The van der Waals surface area contributed by atoms with E-state index in [2.05, 4.69) is 53.8 Å². The van der Waals surface area contributed by atoms with E-state index in [0.29, 0.717) is 12.0 Å². The molecular formula is C30H42N4O2. The highest BCUT2D eigenvalue weighted by Gasteiger charge is 2.34. The second kappa shape index (κ2) is 10.8. The monoisotopic (exact) mass is 490 g/mol. The molecule has 2 aromatic heterocycles. The molecule has 0 aliphatic carbocycles. The molecule has 5 rings (SSSR count). The first kappa shape index (κ1) is 25.1. The Hall–Kier alpha value is -2.57. The molecule has 0 bridgehead atoms. The third-order valence-electron chi connectivity index (χ3n) is 8.19. The predicted molar refractivity (Wildman–Crippen MR) is 146 cm³/mol. The van der Waals surface area contributed by atoms with E-state index in [0.717, 1.165) is 53.5 Å². The molecule has 1 aromatic carbocycles. The maximum absolute atomic E-state index is 5.52. The van der Waals surface area contributed by atoms with Gasteiger partial charge in [0.25, 0.3) is 0 Å². The third-order valence-corrected chi connectivity index (χ3v) is 8.19. The molecule has 6 heteroatoms. The van der Waals surface area contributed by atoms with E-state index in [9.17, 15) is 0 Å². The molecule has 1 N–H and O–H groups in total. The van der Waals surface area contributed by atoms with E-state index >= 15 is 0 Å². The summed E-state index contributed by atoms with van der Waals surface area (Å²) in [7, 11) is 3.33. The summed E-state index contributed by atoms with van der Waals surface area (Å²) in [4.78, 5) is 7.85. The van der Waals surface area contributed by atoms with Crippen molar-refractivity contribution in [1.29, 1.82) is 0 Å². The number of aryl methyl sites for hydroxylation is 1. The molecule has 0 amide bonds. The van der Waals surface area contributed by atoms with Crippen LogP contribution in [0.25, 0.3) is 16.9 Å². The maximum atomic E-state index is 5.52. The molecule has 6 nitrogen and oxygen atoms in total. The zero-order chi connectivity index (χ0) is 25.2. The second-order valence-electron chi connectivity index (χ2n) is 11.1. The van der Waals surface area contributed by atoms with Crippen molar-refractivity contribution >= 4 is 5.65 Å². The standard InChI is InChI=1S/C30H42N4O2/c1-20(2)14-26-16-22(10-13-34(26)25-8-11-31-12-9-25)24-15-21(3)30-32-27(19-33(30)18-24)23-6-7-28(35-4)29(17-23)36-5/h6-7,15,17-20,22,25-26,31H,8-14,16H2,1-5H3/t22?,26-/m1/s1. The van der Waals surface area contributed by atoms with Gasteiger partial charge in [-0.1, -0.05) is 19.9 Å². The molecule has 2 saturated heterocycles. The number of hydrogen-bond donors (Lipinski definition) is 1. The number of benzene rings is 1. The number of nitrogens with one attached hydrogen (secondary N) is 1. The summed E-state index contributed by atoms with van der Waals surface area (Å²) in [5.74, 6) is 2.78. The van der Waals surface area contributed by atoms with Gasteiger partial charge >= 0.3 is 0 Å². The number of rotatable bonds is 7. The van der Waals surface area contributed by atoms with E-state index in [1.165, 1.54) is 49.8 Å². The zero-order valence-corrected chi connectivity index (χ0v) is 22.6. The average Bonchev–Trinajstić information content (AvgIpc) is 3.33. The Balaban J connectivity index is 1.41. The number of nitrogens with zero attached hydrogens (tertiary/aromatic N) is 3. The van der Waals surface area contributed by atoms with Crippen LogP contribution < -0.4 is 14.8 Å². The van der Waals surface area contributed by atoms with Gasteiger partial charge in [0.2, 0.25) is 0 Å². The number of methoxy groups -OCH3 is 2. The van der Waals surface area contributed by atoms with Gasteiger partial charge in [-0.2, -0.15) is 0 Å². The minimum absolute atomic E-state index is 0.599. The summed E-state index contributed by atoms with van der Waals surface area (Å²) in [5, 5.41) is 3.54. The summed E-state index contributed by atoms with van der Waals surface area (Å²) in [6.07, 6.45) is 10.8. The Kier molecular flexibility index (Phi) is 7.54. The van der Waals surface area contributed by atoms with E-state index in [1.54, 1.807) is 14.2 Å². The SMILES string of the molecule is COc1ccc(-c2cn3cc(C4CCN(C5CCNCC5)[C@H](CC(C)C)C4)cc(C)c3n2)cc1OC. The number of likely N-dealkylation sites (tertiary alicyclic amines) is 1. The lowest BCUT2D eigenvalue weighted by Gasteiger charge is -2.46. The van der Waals surface area contributed by atoms with Gasteiger partial charge in [-0.25, -0.2) is 4.98 Å². The van der Waals surface area contributed by atoms with Crippen LogP contribution in [0.15, 0.2) is 36.7 Å². The Bertz CT molecular complexity index is 1180. The minimum atomic E-state index is 0.599. The fourth-order valence-electron chi connectivity index (χ4n) is 6.42. The van der Waals surface area contributed by atoms with Gasteiger partial charge in [-0.3, -0.25) is 4.90 Å². The van der Waals surface area contributed by atoms with Crippen molar-refractivity contribution in [3.63, 3.8) is 0 Å². The first-order valence-electron chi connectivity index (χ1n) is 13.6. The molecule has 36 heavy (non-hydrogen) atoms. The highest BCUT2D eigenvalue weighted by atomic mass is 16.5. The summed E-state index contributed by atoms with van der Waals surface area (Å²) < 4.78 is 13.2. The fourth-order valence-corrected chi connectivity index (χ4v) is 6.42. The lowest BCUT2D eigenvalue weighted by molar-refractivity contribution is 0.0561. The van der Waals surface area contributed by atoms with Crippen LogP contribution in [0.3, 0.4) is 0 Å². The van der Waals surface area contributed by atoms with Gasteiger partial charge in [0, 0.05) is 30.0 Å². The molecule has 2 fully saturated rings. The number of aromatic nitrogens is 2. The molecule has 0 radical (unpaired) electrons. The number of pyridine rings is 1. The second-order valence-corrected chi connectivity index (χ2v) is 11.1. The third kappa shape index (κ3) is 5.12. The summed E-state index contributed by atoms with van der Waals surface area (Å²) in [5.41, 5.74) is 5.70. The number of fused-ring (bicyclic) bond motifs is 1. The first-order chi connectivity index (χ1) is 17.5. The van der Waals surface area contributed by atoms with Crippen molar-refractivity contribution in [1.82, 2.24) is 19.6 Å². The van der Waals surface area contributed by atoms with Crippen LogP contribution in [0, 0.1) is 12.8 Å². The lowest BCUT2D eigenvalue weighted by atomic mass is 9.81. The van der Waals surface area contributed by atoms with Crippen molar-refractivity contribution in [2.45, 2.75) is 70.9 Å². The number of piperidine rings is 2. The highest BCUT2D eigenvalue weighted by Crippen LogP contribution is 2.38. The van der Waals surface area contributed by atoms with Crippen LogP contribution in [0.4, 0.5) is 0 Å². The van der Waals surface area contributed by atoms with Gasteiger partial charge in [0.15, 0.2) is 11.5 Å². The zero-order valence-electron chi connectivity index (χ0n) is 22.6. The van der Waals surface area contributed by atoms with E-state index in [1.807, 2.05) is 18.2 Å². The van der Waals surface area contributed by atoms with Crippen LogP contribution >= 0.6 is 0 Å². The van der Waals surface area contributed by atoms with Crippen LogP contribution in [0.1, 0.15) is 63.0 Å². The molecular weight excluding hydrogens is 448 g/mol. The van der Waals surface area contributed by atoms with Crippen molar-refractivity contribution in [3.8, 4) is 22.8 Å². The van der Waals surface area contributed by atoms with Gasteiger partial charge in [-0.05, 0) is 99.8 Å². The Morgan fingerprint density at radius 2 is 1.81 bits per heavy atom. The van der Waals surface area contributed by atoms with Crippen molar-refractivity contribution in [2.24, 2.45) is 5.92 Å². The number of imidazole rings is 1. The average molecular weight is 491 g/mol. The van der Waals surface area contributed by atoms with E-state index < -0.39 is 0 Å². The van der Waals surface area contributed by atoms with Gasteiger partial charge < -0.3 is 19.2 Å². The molecule has 2 aliphatic rings. The molecule has 0 spiro atoms. The van der Waals surface area contributed by atoms with Crippen LogP contribution in [-0.2, 0) is 0 Å². The van der Waals surface area contributed by atoms with E-state index in [4.69, 9.17) is 14.5 Å². The lowest BCUT2D eigenvalue weighted by Crippen LogP contribution is -2.51. The molecule has 194 valence electrons. The Labute approximate surface area is 216 Å². The summed E-state index contributed by atoms with van der Waals surface area (Å²) in [6.45, 7) is 10.5. The van der Waals surface area contributed by atoms with Crippen molar-refractivity contribution < 1.29 is 9.47 Å². The van der Waals surface area contributed by atoms with Gasteiger partial charge in [0.1, 0.15) is 5.65 Å². The molecule has 3 aromatic rings. The molecule has 2 aliphatic heterocycles. The first-order valence-corrected chi connectivity index (χ1v) is 13.6.